The molecule has 0 spiro atoms. The molecule has 0 heterocycles. The van der Waals surface area contributed by atoms with Crippen LogP contribution in [0.1, 0.15) is 24.0 Å². The molecule has 0 aliphatic heterocycles. The summed E-state index contributed by atoms with van der Waals surface area (Å²) in [5, 5.41) is 0. The second-order valence-corrected chi connectivity index (χ2v) is 6.79. The van der Waals surface area contributed by atoms with Crippen LogP contribution in [0.25, 0.3) is 0 Å². The summed E-state index contributed by atoms with van der Waals surface area (Å²) in [6, 6.07) is 17.7. The first-order valence-corrected chi connectivity index (χ1v) is 8.59. The average molecular weight is 316 g/mol. The van der Waals surface area contributed by atoms with E-state index in [1.54, 1.807) is 0 Å². The zero-order valence-electron chi connectivity index (χ0n) is 12.6. The SMILES string of the molecule is Cc1ccc(S(=O)OC2CC(OCc3ccccc3)C2)cc1. The first-order chi connectivity index (χ1) is 10.7. The number of hydrogen-bond acceptors (Lipinski definition) is 3. The van der Waals surface area contributed by atoms with Crippen molar-refractivity contribution in [3.8, 4) is 0 Å². The van der Waals surface area contributed by atoms with Crippen LogP contribution >= 0.6 is 0 Å². The molecule has 1 atom stereocenters. The fourth-order valence-electron chi connectivity index (χ4n) is 2.35. The van der Waals surface area contributed by atoms with Crippen LogP contribution in [0.15, 0.2) is 59.5 Å². The van der Waals surface area contributed by atoms with Gasteiger partial charge in [-0.25, -0.2) is 4.21 Å². The first-order valence-electron chi connectivity index (χ1n) is 7.52. The van der Waals surface area contributed by atoms with Gasteiger partial charge in [0.05, 0.1) is 23.7 Å². The zero-order chi connectivity index (χ0) is 15.4. The van der Waals surface area contributed by atoms with Gasteiger partial charge in [0.25, 0.3) is 0 Å². The summed E-state index contributed by atoms with van der Waals surface area (Å²) >= 11 is -1.38. The van der Waals surface area contributed by atoms with Crippen LogP contribution in [-0.4, -0.2) is 16.4 Å². The van der Waals surface area contributed by atoms with Crippen molar-refractivity contribution in [2.75, 3.05) is 0 Å². The molecule has 1 aliphatic carbocycles. The van der Waals surface area contributed by atoms with E-state index in [1.165, 1.54) is 5.56 Å². The van der Waals surface area contributed by atoms with E-state index < -0.39 is 11.1 Å². The van der Waals surface area contributed by atoms with E-state index in [9.17, 15) is 4.21 Å². The molecule has 0 amide bonds. The largest absolute Gasteiger partial charge is 0.373 e. The van der Waals surface area contributed by atoms with Gasteiger partial charge in [0, 0.05) is 12.8 Å². The Balaban J connectivity index is 1.40. The van der Waals surface area contributed by atoms with Crippen molar-refractivity contribution in [1.82, 2.24) is 0 Å². The highest BCUT2D eigenvalue weighted by atomic mass is 32.2. The highest BCUT2D eigenvalue weighted by molar-refractivity contribution is 7.80. The molecular weight excluding hydrogens is 296 g/mol. The van der Waals surface area contributed by atoms with Crippen LogP contribution < -0.4 is 0 Å². The predicted molar refractivity (Wildman–Crippen MR) is 86.7 cm³/mol. The molecule has 0 N–H and O–H groups in total. The van der Waals surface area contributed by atoms with Gasteiger partial charge >= 0.3 is 0 Å². The van der Waals surface area contributed by atoms with Gasteiger partial charge < -0.3 is 4.74 Å². The topological polar surface area (TPSA) is 35.5 Å². The maximum Gasteiger partial charge on any atom is 0.189 e. The van der Waals surface area contributed by atoms with E-state index in [2.05, 4.69) is 12.1 Å². The predicted octanol–water partition coefficient (Wildman–Crippen LogP) is 3.78. The third kappa shape index (κ3) is 4.03. The lowest BCUT2D eigenvalue weighted by Crippen LogP contribution is -2.37. The number of ether oxygens (including phenoxy) is 1. The number of rotatable bonds is 6. The van der Waals surface area contributed by atoms with Crippen LogP contribution in [0.5, 0.6) is 0 Å². The number of hydrogen-bond donors (Lipinski definition) is 0. The van der Waals surface area contributed by atoms with Gasteiger partial charge in [-0.2, -0.15) is 0 Å². The summed E-state index contributed by atoms with van der Waals surface area (Å²) in [5.41, 5.74) is 2.33. The molecule has 1 fully saturated rings. The molecule has 0 aromatic heterocycles. The second-order valence-electron chi connectivity index (χ2n) is 5.66. The van der Waals surface area contributed by atoms with Gasteiger partial charge in [0.15, 0.2) is 11.1 Å². The lowest BCUT2D eigenvalue weighted by Gasteiger charge is -2.34. The van der Waals surface area contributed by atoms with Gasteiger partial charge in [-0.3, -0.25) is 4.18 Å². The summed E-state index contributed by atoms with van der Waals surface area (Å²) < 4.78 is 23.5. The number of aryl methyl sites for hydroxylation is 1. The Morgan fingerprint density at radius 2 is 1.68 bits per heavy atom. The summed E-state index contributed by atoms with van der Waals surface area (Å²) in [5.74, 6) is 0. The Morgan fingerprint density at radius 3 is 2.36 bits per heavy atom. The van der Waals surface area contributed by atoms with Crippen molar-refractivity contribution in [1.29, 1.82) is 0 Å². The lowest BCUT2D eigenvalue weighted by molar-refractivity contribution is -0.0647. The third-order valence-electron chi connectivity index (χ3n) is 3.82. The molecule has 3 rings (SSSR count). The van der Waals surface area contributed by atoms with E-state index in [-0.39, 0.29) is 12.2 Å². The van der Waals surface area contributed by atoms with Gasteiger partial charge in [0.1, 0.15) is 0 Å². The van der Waals surface area contributed by atoms with Crippen LogP contribution in [-0.2, 0) is 26.6 Å². The van der Waals surface area contributed by atoms with Crippen LogP contribution in [0, 0.1) is 6.92 Å². The molecule has 3 nitrogen and oxygen atoms in total. The van der Waals surface area contributed by atoms with E-state index in [0.29, 0.717) is 6.61 Å². The van der Waals surface area contributed by atoms with Crippen molar-refractivity contribution >= 4 is 11.1 Å². The summed E-state index contributed by atoms with van der Waals surface area (Å²) in [6.45, 7) is 2.63. The van der Waals surface area contributed by atoms with Gasteiger partial charge in [-0.15, -0.1) is 0 Å². The van der Waals surface area contributed by atoms with E-state index in [0.717, 1.165) is 23.3 Å². The molecule has 4 heteroatoms. The molecule has 1 unspecified atom stereocenters. The smallest absolute Gasteiger partial charge is 0.189 e. The fourth-order valence-corrected chi connectivity index (χ4v) is 3.22. The van der Waals surface area contributed by atoms with Crippen molar-refractivity contribution in [2.45, 2.75) is 43.5 Å². The molecule has 116 valence electrons. The van der Waals surface area contributed by atoms with Gasteiger partial charge in [-0.1, -0.05) is 48.0 Å². The Labute approximate surface area is 133 Å². The maximum absolute atomic E-state index is 12.1. The Hall–Kier alpha value is -1.49. The van der Waals surface area contributed by atoms with Crippen molar-refractivity contribution < 1.29 is 13.1 Å². The van der Waals surface area contributed by atoms with Crippen molar-refractivity contribution in [3.63, 3.8) is 0 Å². The Kier molecular flexibility index (Phi) is 5.03. The molecular formula is C18H20O3S. The normalized spacial score (nSPS) is 22.0. The molecule has 0 bridgehead atoms. The maximum atomic E-state index is 12.1. The minimum absolute atomic E-state index is 0.0305. The van der Waals surface area contributed by atoms with E-state index in [1.807, 2.05) is 49.4 Å². The highest BCUT2D eigenvalue weighted by Gasteiger charge is 2.32. The Bertz CT molecular complexity index is 619. The first kappa shape index (κ1) is 15.4. The molecule has 0 radical (unpaired) electrons. The molecule has 1 saturated carbocycles. The monoisotopic (exact) mass is 316 g/mol. The minimum Gasteiger partial charge on any atom is -0.373 e. The molecule has 2 aromatic carbocycles. The van der Waals surface area contributed by atoms with E-state index >= 15 is 0 Å². The van der Waals surface area contributed by atoms with Crippen molar-refractivity contribution in [3.05, 3.63) is 65.7 Å². The number of benzene rings is 2. The highest BCUT2D eigenvalue weighted by Crippen LogP contribution is 2.29. The zero-order valence-corrected chi connectivity index (χ0v) is 13.4. The summed E-state index contributed by atoms with van der Waals surface area (Å²) in [7, 11) is 0. The van der Waals surface area contributed by atoms with Crippen molar-refractivity contribution in [2.24, 2.45) is 0 Å². The molecule has 0 saturated heterocycles. The van der Waals surface area contributed by atoms with E-state index in [4.69, 9.17) is 8.92 Å². The quantitative estimate of drug-likeness (QED) is 0.813. The lowest BCUT2D eigenvalue weighted by atomic mass is 9.92. The van der Waals surface area contributed by atoms with Gasteiger partial charge in [-0.05, 0) is 24.6 Å². The molecule has 1 aliphatic rings. The summed E-state index contributed by atoms with van der Waals surface area (Å²) in [6.07, 6.45) is 1.86. The van der Waals surface area contributed by atoms with Crippen LogP contribution in [0.3, 0.4) is 0 Å². The van der Waals surface area contributed by atoms with Crippen LogP contribution in [0.4, 0.5) is 0 Å². The molecule has 2 aromatic rings. The average Bonchev–Trinajstić information content (AvgIpc) is 2.51. The standard InChI is InChI=1S/C18H20O3S/c1-14-7-9-18(10-8-14)22(19)21-17-11-16(12-17)20-13-15-5-3-2-4-6-15/h2-10,16-17H,11-13H2,1H3. The second kappa shape index (κ2) is 7.18. The van der Waals surface area contributed by atoms with Gasteiger partial charge in [0.2, 0.25) is 0 Å². The Morgan fingerprint density at radius 1 is 1.00 bits per heavy atom. The molecule has 22 heavy (non-hydrogen) atoms. The fraction of sp³-hybridized carbons (Fsp3) is 0.333. The summed E-state index contributed by atoms with van der Waals surface area (Å²) in [4.78, 5) is 0.722. The van der Waals surface area contributed by atoms with Crippen LogP contribution in [0.2, 0.25) is 0 Å². The minimum atomic E-state index is -1.38. The third-order valence-corrected chi connectivity index (χ3v) is 4.92.